The molecule has 1 fully saturated rings. The van der Waals surface area contributed by atoms with Gasteiger partial charge in [0.1, 0.15) is 11.2 Å². The minimum Gasteiger partial charge on any atom is -0.481 e. The Kier molecular flexibility index (Phi) is 9.67. The Balaban J connectivity index is 1.34. The largest absolute Gasteiger partial charge is 0.481 e. The zero-order valence-corrected chi connectivity index (χ0v) is 28.5. The van der Waals surface area contributed by atoms with E-state index in [4.69, 9.17) is 21.3 Å². The van der Waals surface area contributed by atoms with Gasteiger partial charge in [0.25, 0.3) is 12.0 Å². The number of ether oxygens (including phenoxy) is 1. The van der Waals surface area contributed by atoms with E-state index in [-0.39, 0.29) is 22.8 Å². The van der Waals surface area contributed by atoms with Gasteiger partial charge in [0.15, 0.2) is 11.5 Å². The number of nitrogens with zero attached hydrogens (tertiary/aromatic N) is 6. The van der Waals surface area contributed by atoms with E-state index < -0.39 is 29.5 Å². The number of halogens is 3. The maximum Gasteiger partial charge on any atom is 0.332 e. The molecule has 5 aromatic rings. The number of aliphatic carboxylic acids is 1. The van der Waals surface area contributed by atoms with Crippen molar-refractivity contribution in [3.8, 4) is 28.3 Å². The number of methoxy groups -OCH3 is 1. The standard InChI is InChI=1S/C35H34ClF2N7O5/c1-18-21(7-6-10-24(18)39-29-26-31(42-30(41-29)28(37)38)43(2)35(49)44(3)33(26)46)22-8-5-9-23(27(22)36)25-12-11-20(32(40-25)50-4)17-45-15-13-19(14-16-45)34(47)48/h5-12,19,28H,13-17H2,1-4H3,(H,47,48)(H,39,41,42). The van der Waals surface area contributed by atoms with E-state index in [1.165, 1.54) is 14.1 Å². The molecule has 1 aliphatic rings. The van der Waals surface area contributed by atoms with Gasteiger partial charge < -0.3 is 15.2 Å². The molecule has 6 rings (SSSR count). The molecule has 1 saturated heterocycles. The molecule has 0 atom stereocenters. The van der Waals surface area contributed by atoms with Crippen LogP contribution in [0.25, 0.3) is 33.4 Å². The summed E-state index contributed by atoms with van der Waals surface area (Å²) in [6.45, 7) is 3.72. The van der Waals surface area contributed by atoms with Crippen molar-refractivity contribution >= 4 is 40.1 Å². The third-order valence-corrected chi connectivity index (χ3v) is 9.53. The van der Waals surface area contributed by atoms with Crippen LogP contribution in [0, 0.1) is 12.8 Å². The SMILES string of the molecule is COc1nc(-c2cccc(-c3cccc(Nc4nc(C(F)F)nc5c4c(=O)n(C)c(=O)n5C)c3C)c2Cl)ccc1CN1CCC(C(=O)O)CC1. The Hall–Kier alpha value is -5.21. The second-order valence-electron chi connectivity index (χ2n) is 12.2. The number of carbonyl (C=O) groups is 1. The Bertz CT molecular complexity index is 2250. The summed E-state index contributed by atoms with van der Waals surface area (Å²) in [5.74, 6) is -1.63. The molecule has 3 aromatic heterocycles. The summed E-state index contributed by atoms with van der Waals surface area (Å²) in [5.41, 5.74) is 3.01. The lowest BCUT2D eigenvalue weighted by Gasteiger charge is -2.30. The summed E-state index contributed by atoms with van der Waals surface area (Å²) in [6, 6.07) is 14.7. The average Bonchev–Trinajstić information content (AvgIpc) is 3.11. The molecule has 4 heterocycles. The maximum atomic E-state index is 13.9. The molecule has 12 nitrogen and oxygen atoms in total. The van der Waals surface area contributed by atoms with E-state index in [1.54, 1.807) is 19.2 Å². The molecule has 0 radical (unpaired) electrons. The topological polar surface area (TPSA) is 144 Å². The van der Waals surface area contributed by atoms with Gasteiger partial charge in [-0.15, -0.1) is 0 Å². The molecule has 0 unspecified atom stereocenters. The van der Waals surface area contributed by atoms with Crippen molar-refractivity contribution in [3.05, 3.63) is 91.3 Å². The highest BCUT2D eigenvalue weighted by Crippen LogP contribution is 2.40. The number of piperidine rings is 1. The van der Waals surface area contributed by atoms with Gasteiger partial charge in [-0.25, -0.2) is 28.5 Å². The number of rotatable bonds is 9. The molecule has 0 saturated carbocycles. The van der Waals surface area contributed by atoms with Crippen molar-refractivity contribution < 1.29 is 23.4 Å². The predicted molar refractivity (Wildman–Crippen MR) is 185 cm³/mol. The lowest BCUT2D eigenvalue weighted by molar-refractivity contribution is -0.143. The first-order valence-corrected chi connectivity index (χ1v) is 16.2. The van der Waals surface area contributed by atoms with E-state index in [0.717, 1.165) is 20.3 Å². The number of likely N-dealkylation sites (tertiary alicyclic amines) is 1. The minimum absolute atomic E-state index is 0.114. The highest BCUT2D eigenvalue weighted by Gasteiger charge is 2.26. The van der Waals surface area contributed by atoms with Gasteiger partial charge in [-0.3, -0.25) is 23.6 Å². The number of pyridine rings is 1. The van der Waals surface area contributed by atoms with Crippen LogP contribution >= 0.6 is 11.6 Å². The third kappa shape index (κ3) is 6.43. The molecule has 1 aliphatic heterocycles. The molecule has 0 aliphatic carbocycles. The maximum absolute atomic E-state index is 13.9. The summed E-state index contributed by atoms with van der Waals surface area (Å²) in [4.78, 5) is 51.8. The first kappa shape index (κ1) is 34.6. The van der Waals surface area contributed by atoms with Crippen LogP contribution in [0.2, 0.25) is 5.02 Å². The number of aryl methyl sites for hydroxylation is 1. The molecule has 0 spiro atoms. The monoisotopic (exact) mass is 705 g/mol. The molecule has 2 aromatic carbocycles. The lowest BCUT2D eigenvalue weighted by Crippen LogP contribution is -2.38. The number of carboxylic acids is 1. The van der Waals surface area contributed by atoms with E-state index in [0.29, 0.717) is 71.5 Å². The highest BCUT2D eigenvalue weighted by molar-refractivity contribution is 6.36. The third-order valence-electron chi connectivity index (χ3n) is 9.13. The zero-order valence-electron chi connectivity index (χ0n) is 27.7. The summed E-state index contributed by atoms with van der Waals surface area (Å²) >= 11 is 7.06. The van der Waals surface area contributed by atoms with Crippen molar-refractivity contribution in [2.24, 2.45) is 20.0 Å². The van der Waals surface area contributed by atoms with E-state index in [9.17, 15) is 28.3 Å². The molecule has 0 amide bonds. The molecular weight excluding hydrogens is 672 g/mol. The average molecular weight is 706 g/mol. The van der Waals surface area contributed by atoms with Crippen LogP contribution in [-0.4, -0.2) is 60.3 Å². The van der Waals surface area contributed by atoms with E-state index in [2.05, 4.69) is 20.2 Å². The highest BCUT2D eigenvalue weighted by atomic mass is 35.5. The molecule has 50 heavy (non-hydrogen) atoms. The van der Waals surface area contributed by atoms with Crippen molar-refractivity contribution in [2.45, 2.75) is 32.7 Å². The molecule has 2 N–H and O–H groups in total. The van der Waals surface area contributed by atoms with Crippen molar-refractivity contribution in [2.75, 3.05) is 25.5 Å². The Morgan fingerprint density at radius 2 is 1.68 bits per heavy atom. The molecule has 260 valence electrons. The number of benzene rings is 2. The second kappa shape index (κ2) is 14.0. The molecule has 0 bridgehead atoms. The van der Waals surface area contributed by atoms with Crippen LogP contribution in [0.15, 0.2) is 58.1 Å². The number of alkyl halides is 2. The number of carboxylic acid groups (broad SMARTS) is 1. The first-order chi connectivity index (χ1) is 23.9. The Morgan fingerprint density at radius 3 is 2.36 bits per heavy atom. The summed E-state index contributed by atoms with van der Waals surface area (Å²) in [5, 5.41) is 12.7. The van der Waals surface area contributed by atoms with Gasteiger partial charge in [0.05, 0.1) is 23.7 Å². The van der Waals surface area contributed by atoms with Crippen molar-refractivity contribution in [3.63, 3.8) is 0 Å². The van der Waals surface area contributed by atoms with Crippen LogP contribution in [0.3, 0.4) is 0 Å². The van der Waals surface area contributed by atoms with E-state index in [1.807, 2.05) is 43.3 Å². The Morgan fingerprint density at radius 1 is 1.00 bits per heavy atom. The van der Waals surface area contributed by atoms with Gasteiger partial charge in [0.2, 0.25) is 5.88 Å². The van der Waals surface area contributed by atoms with Gasteiger partial charge in [-0.2, -0.15) is 0 Å². The predicted octanol–water partition coefficient (Wildman–Crippen LogP) is 5.70. The summed E-state index contributed by atoms with van der Waals surface area (Å²) in [6.07, 6.45) is -1.87. The number of aromatic nitrogens is 5. The Labute approximate surface area is 290 Å². The van der Waals surface area contributed by atoms with Crippen LogP contribution in [0.4, 0.5) is 20.3 Å². The van der Waals surface area contributed by atoms with Crippen molar-refractivity contribution in [1.29, 1.82) is 0 Å². The zero-order chi connectivity index (χ0) is 35.9. The molecular formula is C35H34ClF2N7O5. The smallest absolute Gasteiger partial charge is 0.332 e. The quantitative estimate of drug-likeness (QED) is 0.196. The van der Waals surface area contributed by atoms with Crippen LogP contribution in [-0.2, 0) is 25.4 Å². The number of hydrogen-bond acceptors (Lipinski definition) is 9. The van der Waals surface area contributed by atoms with Gasteiger partial charge >= 0.3 is 11.7 Å². The van der Waals surface area contributed by atoms with Gasteiger partial charge in [-0.1, -0.05) is 48.0 Å². The summed E-state index contributed by atoms with van der Waals surface area (Å²) in [7, 11) is 4.19. The van der Waals surface area contributed by atoms with Crippen molar-refractivity contribution in [1.82, 2.24) is 29.0 Å². The van der Waals surface area contributed by atoms with Crippen LogP contribution in [0.1, 0.15) is 36.2 Å². The van der Waals surface area contributed by atoms with E-state index >= 15 is 0 Å². The number of anilines is 2. The van der Waals surface area contributed by atoms with Crippen LogP contribution in [0.5, 0.6) is 5.88 Å². The number of hydrogen-bond donors (Lipinski definition) is 2. The van der Waals surface area contributed by atoms with Gasteiger partial charge in [-0.05, 0) is 56.1 Å². The normalized spacial score (nSPS) is 14.0. The fourth-order valence-corrected chi connectivity index (χ4v) is 6.61. The first-order valence-electron chi connectivity index (χ1n) is 15.8. The lowest BCUT2D eigenvalue weighted by atomic mass is 9.96. The fraction of sp³-hybridized carbons (Fsp3) is 0.314. The van der Waals surface area contributed by atoms with Gasteiger partial charge in [0, 0.05) is 43.0 Å². The van der Waals surface area contributed by atoms with Crippen LogP contribution < -0.4 is 21.3 Å². The minimum atomic E-state index is -3.05. The number of nitrogens with one attached hydrogen (secondary N) is 1. The fourth-order valence-electron chi connectivity index (χ4n) is 6.29. The second-order valence-corrected chi connectivity index (χ2v) is 12.5. The summed E-state index contributed by atoms with van der Waals surface area (Å²) < 4.78 is 35.3. The molecule has 15 heteroatoms. The number of fused-ring (bicyclic) bond motifs is 1.